The molecule has 0 aliphatic carbocycles. The second-order valence-electron chi connectivity index (χ2n) is 5.77. The summed E-state index contributed by atoms with van der Waals surface area (Å²) in [6.45, 7) is 5.47. The first-order chi connectivity index (χ1) is 9.22. The Morgan fingerprint density at radius 1 is 1.37 bits per heavy atom. The smallest absolute Gasteiger partial charge is 0.159 e. The maximum atomic E-state index is 4.37. The zero-order valence-electron chi connectivity index (χ0n) is 11.6. The van der Waals surface area contributed by atoms with Crippen molar-refractivity contribution >= 4 is 16.6 Å². The molecule has 4 heteroatoms. The summed E-state index contributed by atoms with van der Waals surface area (Å²) >= 11 is 0. The zero-order valence-corrected chi connectivity index (χ0v) is 11.6. The van der Waals surface area contributed by atoms with E-state index in [9.17, 15) is 0 Å². The molecule has 1 fully saturated rings. The van der Waals surface area contributed by atoms with Crippen LogP contribution in [0.1, 0.15) is 13.3 Å². The van der Waals surface area contributed by atoms with Crippen LogP contribution in [0, 0.1) is 5.41 Å². The zero-order chi connectivity index (χ0) is 13.3. The summed E-state index contributed by atoms with van der Waals surface area (Å²) in [5.41, 5.74) is 0.327. The van der Waals surface area contributed by atoms with Gasteiger partial charge in [0.05, 0.1) is 6.20 Å². The molecule has 1 unspecified atom stereocenters. The third-order valence-electron chi connectivity index (χ3n) is 4.01. The molecule has 1 aromatic carbocycles. The lowest BCUT2D eigenvalue weighted by molar-refractivity contribution is 0.356. The van der Waals surface area contributed by atoms with Crippen LogP contribution in [0.25, 0.3) is 10.8 Å². The van der Waals surface area contributed by atoms with Gasteiger partial charge in [-0.15, -0.1) is 5.10 Å². The van der Waals surface area contributed by atoms with E-state index in [0.29, 0.717) is 5.41 Å². The molecule has 0 saturated carbocycles. The minimum Gasteiger partial charge on any atom is -0.354 e. The second-order valence-corrected chi connectivity index (χ2v) is 5.77. The molecule has 19 heavy (non-hydrogen) atoms. The number of benzene rings is 1. The van der Waals surface area contributed by atoms with Gasteiger partial charge in [0.1, 0.15) is 0 Å². The van der Waals surface area contributed by atoms with E-state index in [0.717, 1.165) is 30.8 Å². The standard InChI is InChI=1S/C15H20N4/c1-15(10-16-2)7-8-19(11-15)14-13-6-4-3-5-12(13)9-17-18-14/h3-6,9,16H,7-8,10-11H2,1-2H3. The van der Waals surface area contributed by atoms with Gasteiger partial charge in [0.25, 0.3) is 0 Å². The average Bonchev–Trinajstić information content (AvgIpc) is 2.81. The molecular weight excluding hydrogens is 236 g/mol. The van der Waals surface area contributed by atoms with Crippen molar-refractivity contribution in [2.24, 2.45) is 5.41 Å². The predicted octanol–water partition coefficient (Wildman–Crippen LogP) is 2.07. The fourth-order valence-corrected chi connectivity index (χ4v) is 3.02. The van der Waals surface area contributed by atoms with E-state index in [2.05, 4.69) is 45.5 Å². The van der Waals surface area contributed by atoms with E-state index in [-0.39, 0.29) is 0 Å². The van der Waals surface area contributed by atoms with Gasteiger partial charge < -0.3 is 10.2 Å². The molecular formula is C15H20N4. The van der Waals surface area contributed by atoms with Crippen molar-refractivity contribution in [1.82, 2.24) is 15.5 Å². The van der Waals surface area contributed by atoms with Crippen LogP contribution in [-0.2, 0) is 0 Å². The average molecular weight is 256 g/mol. The molecule has 1 saturated heterocycles. The molecule has 3 rings (SSSR count). The van der Waals surface area contributed by atoms with Gasteiger partial charge in [0, 0.05) is 30.4 Å². The summed E-state index contributed by atoms with van der Waals surface area (Å²) < 4.78 is 0. The number of aromatic nitrogens is 2. The minimum atomic E-state index is 0.327. The summed E-state index contributed by atoms with van der Waals surface area (Å²) in [5.74, 6) is 1.03. The van der Waals surface area contributed by atoms with Crippen LogP contribution in [-0.4, -0.2) is 36.9 Å². The molecule has 2 heterocycles. The van der Waals surface area contributed by atoms with Crippen molar-refractivity contribution in [3.05, 3.63) is 30.5 Å². The van der Waals surface area contributed by atoms with E-state index in [1.807, 2.05) is 19.3 Å². The van der Waals surface area contributed by atoms with Crippen molar-refractivity contribution in [2.75, 3.05) is 31.6 Å². The van der Waals surface area contributed by atoms with E-state index in [1.54, 1.807) is 0 Å². The SMILES string of the molecule is CNCC1(C)CCN(c2nncc3ccccc23)C1. The normalized spacial score (nSPS) is 23.2. The first-order valence-electron chi connectivity index (χ1n) is 6.82. The van der Waals surface area contributed by atoms with Gasteiger partial charge in [0.15, 0.2) is 5.82 Å². The number of nitrogens with one attached hydrogen (secondary N) is 1. The summed E-state index contributed by atoms with van der Waals surface area (Å²) in [6.07, 6.45) is 3.03. The number of rotatable bonds is 3. The molecule has 0 bridgehead atoms. The van der Waals surface area contributed by atoms with E-state index < -0.39 is 0 Å². The van der Waals surface area contributed by atoms with Crippen molar-refractivity contribution in [2.45, 2.75) is 13.3 Å². The highest BCUT2D eigenvalue weighted by Crippen LogP contribution is 2.34. The molecule has 1 aliphatic heterocycles. The molecule has 1 atom stereocenters. The van der Waals surface area contributed by atoms with Crippen molar-refractivity contribution in [3.8, 4) is 0 Å². The lowest BCUT2D eigenvalue weighted by Crippen LogP contribution is -2.33. The van der Waals surface area contributed by atoms with Gasteiger partial charge in [-0.2, -0.15) is 5.10 Å². The number of anilines is 1. The highest BCUT2D eigenvalue weighted by atomic mass is 15.3. The number of fused-ring (bicyclic) bond motifs is 1. The van der Waals surface area contributed by atoms with Crippen LogP contribution in [0.15, 0.2) is 30.5 Å². The van der Waals surface area contributed by atoms with Gasteiger partial charge in [-0.05, 0) is 18.9 Å². The maximum Gasteiger partial charge on any atom is 0.159 e. The molecule has 100 valence electrons. The first kappa shape index (κ1) is 12.4. The molecule has 0 amide bonds. The van der Waals surface area contributed by atoms with Crippen molar-refractivity contribution < 1.29 is 0 Å². The molecule has 2 aromatic rings. The van der Waals surface area contributed by atoms with Crippen LogP contribution < -0.4 is 10.2 Å². The Kier molecular flexibility index (Phi) is 3.11. The van der Waals surface area contributed by atoms with Crippen LogP contribution in [0.4, 0.5) is 5.82 Å². The Morgan fingerprint density at radius 3 is 3.05 bits per heavy atom. The molecule has 1 N–H and O–H groups in total. The quantitative estimate of drug-likeness (QED) is 0.912. The number of nitrogens with zero attached hydrogens (tertiary/aromatic N) is 3. The fraction of sp³-hybridized carbons (Fsp3) is 0.467. The Bertz CT molecular complexity index is 578. The Hall–Kier alpha value is -1.68. The van der Waals surface area contributed by atoms with Gasteiger partial charge in [0.2, 0.25) is 0 Å². The molecule has 1 aromatic heterocycles. The van der Waals surface area contributed by atoms with Crippen molar-refractivity contribution in [1.29, 1.82) is 0 Å². The largest absolute Gasteiger partial charge is 0.354 e. The third kappa shape index (κ3) is 2.28. The minimum absolute atomic E-state index is 0.327. The van der Waals surface area contributed by atoms with Crippen LogP contribution in [0.5, 0.6) is 0 Å². The fourth-order valence-electron chi connectivity index (χ4n) is 3.02. The lowest BCUT2D eigenvalue weighted by Gasteiger charge is -2.25. The van der Waals surface area contributed by atoms with E-state index in [4.69, 9.17) is 0 Å². The maximum absolute atomic E-state index is 4.37. The summed E-state index contributed by atoms with van der Waals surface area (Å²) in [6, 6.07) is 8.34. The van der Waals surface area contributed by atoms with Gasteiger partial charge in [-0.1, -0.05) is 31.2 Å². The molecule has 4 nitrogen and oxygen atoms in total. The Labute approximate surface area is 113 Å². The molecule has 0 spiro atoms. The van der Waals surface area contributed by atoms with Crippen LogP contribution in [0.2, 0.25) is 0 Å². The summed E-state index contributed by atoms with van der Waals surface area (Å²) in [7, 11) is 2.02. The summed E-state index contributed by atoms with van der Waals surface area (Å²) in [4.78, 5) is 2.37. The monoisotopic (exact) mass is 256 g/mol. The third-order valence-corrected chi connectivity index (χ3v) is 4.01. The highest BCUT2D eigenvalue weighted by Gasteiger charge is 2.34. The summed E-state index contributed by atoms with van der Waals surface area (Å²) in [5, 5.41) is 14.2. The highest BCUT2D eigenvalue weighted by molar-refractivity contribution is 5.91. The Balaban J connectivity index is 1.94. The predicted molar refractivity (Wildman–Crippen MR) is 78.4 cm³/mol. The topological polar surface area (TPSA) is 41.0 Å². The van der Waals surface area contributed by atoms with Crippen molar-refractivity contribution in [3.63, 3.8) is 0 Å². The van der Waals surface area contributed by atoms with Gasteiger partial charge in [-0.25, -0.2) is 0 Å². The van der Waals surface area contributed by atoms with E-state index >= 15 is 0 Å². The molecule has 0 radical (unpaired) electrons. The second kappa shape index (κ2) is 4.78. The number of hydrogen-bond donors (Lipinski definition) is 1. The molecule has 1 aliphatic rings. The van der Waals surface area contributed by atoms with Gasteiger partial charge >= 0.3 is 0 Å². The Morgan fingerprint density at radius 2 is 2.21 bits per heavy atom. The van der Waals surface area contributed by atoms with Crippen LogP contribution in [0.3, 0.4) is 0 Å². The van der Waals surface area contributed by atoms with E-state index in [1.165, 1.54) is 11.8 Å². The first-order valence-corrected chi connectivity index (χ1v) is 6.82. The lowest BCUT2D eigenvalue weighted by atomic mass is 9.90. The van der Waals surface area contributed by atoms with Gasteiger partial charge in [-0.3, -0.25) is 0 Å². The van der Waals surface area contributed by atoms with Crippen LogP contribution >= 0.6 is 0 Å². The number of hydrogen-bond acceptors (Lipinski definition) is 4.